The van der Waals surface area contributed by atoms with Gasteiger partial charge in [0.05, 0.1) is 11.8 Å². The van der Waals surface area contributed by atoms with Crippen molar-refractivity contribution in [3.63, 3.8) is 0 Å². The second kappa shape index (κ2) is 4.98. The van der Waals surface area contributed by atoms with Crippen LogP contribution in [0.15, 0.2) is 0 Å². The molecule has 0 heterocycles. The Kier molecular flexibility index (Phi) is 4.60. The summed E-state index contributed by atoms with van der Waals surface area (Å²) < 4.78 is 0. The van der Waals surface area contributed by atoms with E-state index in [2.05, 4.69) is 5.32 Å². The van der Waals surface area contributed by atoms with Crippen LogP contribution in [0.25, 0.3) is 0 Å². The third-order valence-corrected chi connectivity index (χ3v) is 1.81. The Bertz CT molecular complexity index is 221. The Labute approximate surface area is 84.7 Å². The zero-order valence-electron chi connectivity index (χ0n) is 9.13. The Morgan fingerprint density at radius 3 is 2.29 bits per heavy atom. The summed E-state index contributed by atoms with van der Waals surface area (Å²) in [5.74, 6) is -1.11. The molecular formula is C10H18NO3. The van der Waals surface area contributed by atoms with Crippen molar-refractivity contribution in [3.8, 4) is 0 Å². The van der Waals surface area contributed by atoms with Gasteiger partial charge < -0.3 is 10.4 Å². The maximum absolute atomic E-state index is 11.2. The van der Waals surface area contributed by atoms with Crippen molar-refractivity contribution < 1.29 is 14.7 Å². The molecule has 0 aromatic rings. The Hall–Kier alpha value is -1.06. The molecule has 0 aromatic heterocycles. The van der Waals surface area contributed by atoms with Crippen LogP contribution in [0.5, 0.6) is 0 Å². The molecule has 0 bridgehead atoms. The molecule has 4 heteroatoms. The molecule has 2 N–H and O–H groups in total. The van der Waals surface area contributed by atoms with E-state index in [1.54, 1.807) is 13.8 Å². The van der Waals surface area contributed by atoms with E-state index in [0.717, 1.165) is 0 Å². The van der Waals surface area contributed by atoms with Crippen molar-refractivity contribution in [2.24, 2.45) is 5.41 Å². The average molecular weight is 200 g/mol. The molecule has 1 radical (unpaired) electrons. The summed E-state index contributed by atoms with van der Waals surface area (Å²) in [5, 5.41) is 11.5. The number of hydrogen-bond donors (Lipinski definition) is 2. The zero-order valence-corrected chi connectivity index (χ0v) is 9.13. The van der Waals surface area contributed by atoms with Gasteiger partial charge in [0.1, 0.15) is 0 Å². The normalized spacial score (nSPS) is 11.5. The summed E-state index contributed by atoms with van der Waals surface area (Å²) in [4.78, 5) is 21.9. The van der Waals surface area contributed by atoms with Gasteiger partial charge in [0.2, 0.25) is 5.91 Å². The van der Waals surface area contributed by atoms with E-state index in [1.807, 2.05) is 13.8 Å². The molecule has 0 atom stereocenters. The molecule has 0 aromatic carbocycles. The van der Waals surface area contributed by atoms with Gasteiger partial charge in [0.25, 0.3) is 0 Å². The van der Waals surface area contributed by atoms with Crippen LogP contribution in [0.4, 0.5) is 0 Å². The third-order valence-electron chi connectivity index (χ3n) is 1.81. The van der Waals surface area contributed by atoms with Gasteiger partial charge in [-0.05, 0) is 34.1 Å². The highest BCUT2D eigenvalue weighted by Crippen LogP contribution is 2.21. The maximum Gasteiger partial charge on any atom is 0.309 e. The summed E-state index contributed by atoms with van der Waals surface area (Å²) in [6.45, 7) is 6.89. The number of carboxylic acid groups (broad SMARTS) is 1. The quantitative estimate of drug-likeness (QED) is 0.701. The van der Waals surface area contributed by atoms with Gasteiger partial charge in [-0.15, -0.1) is 0 Å². The van der Waals surface area contributed by atoms with Crippen molar-refractivity contribution >= 4 is 11.9 Å². The lowest BCUT2D eigenvalue weighted by Crippen LogP contribution is -2.33. The highest BCUT2D eigenvalue weighted by Gasteiger charge is 2.27. The smallest absolute Gasteiger partial charge is 0.309 e. The SMILES string of the molecule is CC(C)NC(=O)[CH]CC(C)(C)C(=O)O. The van der Waals surface area contributed by atoms with Crippen molar-refractivity contribution in [2.75, 3.05) is 0 Å². The fraction of sp³-hybridized carbons (Fsp3) is 0.700. The lowest BCUT2D eigenvalue weighted by molar-refractivity contribution is -0.146. The van der Waals surface area contributed by atoms with Gasteiger partial charge in [-0.25, -0.2) is 0 Å². The first-order valence-electron chi connectivity index (χ1n) is 4.63. The van der Waals surface area contributed by atoms with E-state index in [4.69, 9.17) is 5.11 Å². The van der Waals surface area contributed by atoms with Crippen molar-refractivity contribution in [3.05, 3.63) is 6.42 Å². The number of rotatable bonds is 5. The molecule has 14 heavy (non-hydrogen) atoms. The lowest BCUT2D eigenvalue weighted by atomic mass is 9.88. The van der Waals surface area contributed by atoms with Crippen LogP contribution >= 0.6 is 0 Å². The summed E-state index contributed by atoms with van der Waals surface area (Å²) in [7, 11) is 0. The van der Waals surface area contributed by atoms with Gasteiger partial charge in [-0.1, -0.05) is 0 Å². The van der Waals surface area contributed by atoms with Gasteiger partial charge in [-0.3, -0.25) is 9.59 Å². The molecule has 4 nitrogen and oxygen atoms in total. The van der Waals surface area contributed by atoms with Gasteiger partial charge in [0, 0.05) is 6.04 Å². The standard InChI is InChI=1S/C10H18NO3/c1-7(2)11-8(12)5-6-10(3,4)9(13)14/h5,7H,6H2,1-4H3,(H,11,12)(H,13,14). The summed E-state index contributed by atoms with van der Waals surface area (Å²) >= 11 is 0. The Balaban J connectivity index is 3.94. The first kappa shape index (κ1) is 12.9. The van der Waals surface area contributed by atoms with E-state index in [1.165, 1.54) is 6.42 Å². The predicted molar refractivity (Wildman–Crippen MR) is 53.6 cm³/mol. The summed E-state index contributed by atoms with van der Waals surface area (Å²) in [5.41, 5.74) is -0.881. The number of carboxylic acids is 1. The molecule has 0 aliphatic carbocycles. The van der Waals surface area contributed by atoms with Gasteiger partial charge in [-0.2, -0.15) is 0 Å². The Morgan fingerprint density at radius 2 is 1.93 bits per heavy atom. The first-order valence-corrected chi connectivity index (χ1v) is 4.63. The lowest BCUT2D eigenvalue weighted by Gasteiger charge is -2.18. The number of nitrogens with one attached hydrogen (secondary N) is 1. The minimum atomic E-state index is -0.897. The maximum atomic E-state index is 11.2. The van der Waals surface area contributed by atoms with Gasteiger partial charge >= 0.3 is 5.97 Å². The summed E-state index contributed by atoms with van der Waals surface area (Å²) in [6, 6.07) is 0.0756. The molecule has 0 aliphatic heterocycles. The minimum Gasteiger partial charge on any atom is -0.481 e. The largest absolute Gasteiger partial charge is 0.481 e. The molecule has 1 amide bonds. The van der Waals surface area contributed by atoms with Crippen LogP contribution in [0.1, 0.15) is 34.1 Å². The zero-order chi connectivity index (χ0) is 11.4. The number of amides is 1. The summed E-state index contributed by atoms with van der Waals surface area (Å²) in [6.07, 6.45) is 1.62. The molecule has 0 fully saturated rings. The third kappa shape index (κ3) is 4.84. The first-order chi connectivity index (χ1) is 6.25. The molecule has 0 rings (SSSR count). The van der Waals surface area contributed by atoms with Crippen LogP contribution < -0.4 is 5.32 Å². The minimum absolute atomic E-state index is 0.0756. The number of carbonyl (C=O) groups is 2. The van der Waals surface area contributed by atoms with Crippen LogP contribution in [-0.2, 0) is 9.59 Å². The van der Waals surface area contributed by atoms with Crippen molar-refractivity contribution in [2.45, 2.75) is 40.2 Å². The van der Waals surface area contributed by atoms with Crippen LogP contribution in [-0.4, -0.2) is 23.0 Å². The van der Waals surface area contributed by atoms with Crippen LogP contribution in [0.2, 0.25) is 0 Å². The molecule has 0 spiro atoms. The van der Waals surface area contributed by atoms with E-state index < -0.39 is 11.4 Å². The van der Waals surface area contributed by atoms with E-state index in [9.17, 15) is 9.59 Å². The van der Waals surface area contributed by atoms with Crippen molar-refractivity contribution in [1.82, 2.24) is 5.32 Å². The molecule has 0 saturated carbocycles. The predicted octanol–water partition coefficient (Wildman–Crippen LogP) is 1.22. The highest BCUT2D eigenvalue weighted by molar-refractivity contribution is 5.86. The van der Waals surface area contributed by atoms with Crippen LogP contribution in [0.3, 0.4) is 0 Å². The number of hydrogen-bond acceptors (Lipinski definition) is 2. The van der Waals surface area contributed by atoms with E-state index >= 15 is 0 Å². The second-order valence-electron chi connectivity index (χ2n) is 4.26. The molecule has 81 valence electrons. The topological polar surface area (TPSA) is 66.4 Å². The fourth-order valence-electron chi connectivity index (χ4n) is 0.779. The molecule has 0 unspecified atom stereocenters. The molecular weight excluding hydrogens is 182 g/mol. The van der Waals surface area contributed by atoms with Crippen molar-refractivity contribution in [1.29, 1.82) is 0 Å². The molecule has 0 aliphatic rings. The second-order valence-corrected chi connectivity index (χ2v) is 4.26. The highest BCUT2D eigenvalue weighted by atomic mass is 16.4. The fourth-order valence-corrected chi connectivity index (χ4v) is 0.779. The van der Waals surface area contributed by atoms with Gasteiger partial charge in [0.15, 0.2) is 0 Å². The van der Waals surface area contributed by atoms with Crippen LogP contribution in [0, 0.1) is 11.8 Å². The number of aliphatic carboxylic acids is 1. The average Bonchev–Trinajstić information content (AvgIpc) is 1.99. The molecule has 0 saturated heterocycles. The number of carbonyl (C=O) groups excluding carboxylic acids is 1. The van der Waals surface area contributed by atoms with E-state index in [-0.39, 0.29) is 18.4 Å². The monoisotopic (exact) mass is 200 g/mol. The Morgan fingerprint density at radius 1 is 1.43 bits per heavy atom. The van der Waals surface area contributed by atoms with E-state index in [0.29, 0.717) is 0 Å².